The van der Waals surface area contributed by atoms with Gasteiger partial charge in [-0.25, -0.2) is 4.98 Å². The summed E-state index contributed by atoms with van der Waals surface area (Å²) in [5, 5.41) is 0. The van der Waals surface area contributed by atoms with Crippen molar-refractivity contribution < 1.29 is 4.74 Å². The Kier molecular flexibility index (Phi) is 5.60. The third kappa shape index (κ3) is 4.36. The Hall–Kier alpha value is -3.46. The van der Waals surface area contributed by atoms with Crippen molar-refractivity contribution in [1.82, 2.24) is 9.97 Å². The molecule has 0 unspecified atom stereocenters. The first kappa shape index (κ1) is 20.8. The molecule has 0 radical (unpaired) electrons. The molecule has 0 amide bonds. The zero-order chi connectivity index (χ0) is 21.9. The van der Waals surface area contributed by atoms with Crippen LogP contribution in [-0.2, 0) is 10.8 Å². The predicted octanol–water partition coefficient (Wildman–Crippen LogP) is 6.92. The zero-order valence-electron chi connectivity index (χ0n) is 18.5. The van der Waals surface area contributed by atoms with E-state index in [1.54, 1.807) is 0 Å². The van der Waals surface area contributed by atoms with Crippen LogP contribution in [0.1, 0.15) is 50.2 Å². The molecule has 2 aromatic carbocycles. The molecule has 2 heterocycles. The summed E-state index contributed by atoms with van der Waals surface area (Å²) in [5.74, 6) is 1.36. The molecule has 0 aliphatic heterocycles. The van der Waals surface area contributed by atoms with Crippen LogP contribution >= 0.6 is 0 Å². The van der Waals surface area contributed by atoms with Crippen molar-refractivity contribution in [2.45, 2.75) is 38.5 Å². The van der Waals surface area contributed by atoms with E-state index >= 15 is 0 Å². The van der Waals surface area contributed by atoms with Gasteiger partial charge >= 0.3 is 0 Å². The summed E-state index contributed by atoms with van der Waals surface area (Å²) in [4.78, 5) is 9.39. The maximum Gasteiger partial charge on any atom is 0.219 e. The van der Waals surface area contributed by atoms with Crippen LogP contribution in [-0.4, -0.2) is 9.97 Å². The molecule has 0 N–H and O–H groups in total. The summed E-state index contributed by atoms with van der Waals surface area (Å²) in [6.45, 7) is 8.72. The summed E-state index contributed by atoms with van der Waals surface area (Å²) >= 11 is 0. The van der Waals surface area contributed by atoms with E-state index in [2.05, 4.69) is 81.2 Å². The number of hydrogen-bond donors (Lipinski definition) is 0. The van der Waals surface area contributed by atoms with Crippen LogP contribution in [0.5, 0.6) is 11.6 Å². The topological polar surface area (TPSA) is 35.0 Å². The Morgan fingerprint density at radius 1 is 0.613 bits per heavy atom. The number of rotatable bonds is 6. The van der Waals surface area contributed by atoms with E-state index in [0.717, 1.165) is 22.7 Å². The van der Waals surface area contributed by atoms with Crippen LogP contribution in [0, 0.1) is 0 Å². The first-order chi connectivity index (χ1) is 14.9. The van der Waals surface area contributed by atoms with Crippen molar-refractivity contribution in [3.05, 3.63) is 120 Å². The maximum absolute atomic E-state index is 6.19. The Bertz CT molecular complexity index is 1060. The first-order valence-corrected chi connectivity index (χ1v) is 10.6. The summed E-state index contributed by atoms with van der Waals surface area (Å²) in [7, 11) is 0. The molecule has 156 valence electrons. The zero-order valence-corrected chi connectivity index (χ0v) is 18.5. The highest BCUT2D eigenvalue weighted by molar-refractivity contribution is 5.41. The lowest BCUT2D eigenvalue weighted by Crippen LogP contribution is -2.20. The van der Waals surface area contributed by atoms with Gasteiger partial charge in [-0.1, -0.05) is 82.3 Å². The normalized spacial score (nSPS) is 11.9. The van der Waals surface area contributed by atoms with Crippen molar-refractivity contribution in [3.63, 3.8) is 0 Å². The second-order valence-corrected chi connectivity index (χ2v) is 8.82. The van der Waals surface area contributed by atoms with Gasteiger partial charge in [-0.05, 0) is 41.5 Å². The van der Waals surface area contributed by atoms with Gasteiger partial charge in [0.15, 0.2) is 0 Å². The highest BCUT2D eigenvalue weighted by Crippen LogP contribution is 2.34. The summed E-state index contributed by atoms with van der Waals surface area (Å²) in [5.41, 5.74) is 3.91. The highest BCUT2D eigenvalue weighted by Gasteiger charge is 2.26. The van der Waals surface area contributed by atoms with E-state index in [1.807, 2.05) is 48.7 Å². The molecule has 31 heavy (non-hydrogen) atoms. The maximum atomic E-state index is 6.19. The van der Waals surface area contributed by atoms with Crippen LogP contribution in [0.4, 0.5) is 0 Å². The fourth-order valence-corrected chi connectivity index (χ4v) is 3.77. The van der Waals surface area contributed by atoms with E-state index in [4.69, 9.17) is 9.72 Å². The predicted molar refractivity (Wildman–Crippen MR) is 126 cm³/mol. The minimum Gasteiger partial charge on any atom is -0.439 e. The van der Waals surface area contributed by atoms with Gasteiger partial charge in [0, 0.05) is 23.1 Å². The summed E-state index contributed by atoms with van der Waals surface area (Å²) in [6, 6.07) is 30.6. The van der Waals surface area contributed by atoms with Crippen molar-refractivity contribution >= 4 is 0 Å². The van der Waals surface area contributed by atoms with Crippen LogP contribution < -0.4 is 4.74 Å². The first-order valence-electron chi connectivity index (χ1n) is 10.6. The summed E-state index contributed by atoms with van der Waals surface area (Å²) < 4.78 is 6.19. The van der Waals surface area contributed by atoms with Gasteiger partial charge in [0.1, 0.15) is 5.75 Å². The van der Waals surface area contributed by atoms with Gasteiger partial charge in [-0.3, -0.25) is 4.98 Å². The molecule has 4 rings (SSSR count). The molecule has 3 heteroatoms. The van der Waals surface area contributed by atoms with Crippen LogP contribution in [0.2, 0.25) is 0 Å². The van der Waals surface area contributed by atoms with E-state index in [9.17, 15) is 0 Å². The fourth-order valence-electron chi connectivity index (χ4n) is 3.77. The van der Waals surface area contributed by atoms with Crippen LogP contribution in [0.25, 0.3) is 0 Å². The molecule has 0 bridgehead atoms. The fraction of sp³-hybridized carbons (Fsp3) is 0.214. The highest BCUT2D eigenvalue weighted by atomic mass is 16.5. The molecule has 3 nitrogen and oxygen atoms in total. The third-order valence-electron chi connectivity index (χ3n) is 5.94. The molecule has 0 aliphatic carbocycles. The molecule has 0 aliphatic rings. The molecule has 0 saturated heterocycles. The Morgan fingerprint density at radius 3 is 2.00 bits per heavy atom. The number of aromatic nitrogens is 2. The number of ether oxygens (including phenoxy) is 1. The van der Waals surface area contributed by atoms with Crippen molar-refractivity contribution in [1.29, 1.82) is 0 Å². The monoisotopic (exact) mass is 408 g/mol. The lowest BCUT2D eigenvalue weighted by molar-refractivity contribution is 0.452. The molecule has 4 aromatic rings. The van der Waals surface area contributed by atoms with Crippen molar-refractivity contribution in [3.8, 4) is 11.6 Å². The van der Waals surface area contributed by atoms with E-state index in [1.165, 1.54) is 5.56 Å². The van der Waals surface area contributed by atoms with Gasteiger partial charge in [-0.2, -0.15) is 0 Å². The van der Waals surface area contributed by atoms with Gasteiger partial charge in [0.25, 0.3) is 0 Å². The average molecular weight is 409 g/mol. The third-order valence-corrected chi connectivity index (χ3v) is 5.94. The lowest BCUT2D eigenvalue weighted by atomic mass is 9.81. The average Bonchev–Trinajstić information content (AvgIpc) is 2.80. The molecular formula is C28H28N2O. The second-order valence-electron chi connectivity index (χ2n) is 8.82. The van der Waals surface area contributed by atoms with Gasteiger partial charge < -0.3 is 4.74 Å². The number of benzene rings is 2. The van der Waals surface area contributed by atoms with Crippen molar-refractivity contribution in [2.75, 3.05) is 0 Å². The second kappa shape index (κ2) is 8.35. The Labute approximate surface area is 184 Å². The molecule has 0 fully saturated rings. The molecule has 0 atom stereocenters. The Balaban J connectivity index is 1.61. The number of hydrogen-bond acceptors (Lipinski definition) is 3. The molecule has 0 spiro atoms. The smallest absolute Gasteiger partial charge is 0.219 e. The minimum absolute atomic E-state index is 0.219. The largest absolute Gasteiger partial charge is 0.439 e. The summed E-state index contributed by atoms with van der Waals surface area (Å²) in [6.07, 6.45) is 1.83. The van der Waals surface area contributed by atoms with Crippen LogP contribution in [0.15, 0.2) is 97.2 Å². The van der Waals surface area contributed by atoms with Crippen molar-refractivity contribution in [2.24, 2.45) is 0 Å². The molecular weight excluding hydrogens is 380 g/mol. The number of pyridine rings is 2. The quantitative estimate of drug-likeness (QED) is 0.347. The van der Waals surface area contributed by atoms with Gasteiger partial charge in [0.05, 0.1) is 11.4 Å². The van der Waals surface area contributed by atoms with E-state index < -0.39 is 0 Å². The lowest BCUT2D eigenvalue weighted by Gasteiger charge is -2.26. The van der Waals surface area contributed by atoms with Crippen LogP contribution in [0.3, 0.4) is 0 Å². The minimum atomic E-state index is -0.231. The number of nitrogens with zero attached hydrogens (tertiary/aromatic N) is 2. The van der Waals surface area contributed by atoms with Gasteiger partial charge in [-0.15, -0.1) is 0 Å². The van der Waals surface area contributed by atoms with Gasteiger partial charge in [0.2, 0.25) is 5.88 Å². The SMILES string of the molecule is CC(C)(c1cccc(Oc2cccc(C(C)(C)c3ccccc3)n2)c1)c1ccccn1. The standard InChI is InChI=1S/C28H28N2O/c1-27(2,21-12-6-5-7-13-21)25-17-11-18-26(30-25)31-23-15-10-14-22(20-23)28(3,4)24-16-8-9-19-29-24/h5-20H,1-4H3. The van der Waals surface area contributed by atoms with E-state index in [-0.39, 0.29) is 10.8 Å². The Morgan fingerprint density at radius 2 is 1.26 bits per heavy atom. The molecule has 0 saturated carbocycles. The van der Waals surface area contributed by atoms with E-state index in [0.29, 0.717) is 5.88 Å². The molecule has 2 aromatic heterocycles.